The van der Waals surface area contributed by atoms with Crippen molar-refractivity contribution in [2.24, 2.45) is 5.10 Å². The van der Waals surface area contributed by atoms with Crippen molar-refractivity contribution >= 4 is 23.7 Å². The Labute approximate surface area is 153 Å². The predicted molar refractivity (Wildman–Crippen MR) is 102 cm³/mol. The molecule has 1 heterocycles. The van der Waals surface area contributed by atoms with Crippen molar-refractivity contribution in [2.45, 2.75) is 40.7 Å². The fourth-order valence-corrected chi connectivity index (χ4v) is 3.08. The number of hydrazone groups is 1. The molecule has 1 aromatic heterocycles. The molecule has 0 bridgehead atoms. The lowest BCUT2D eigenvalue weighted by Gasteiger charge is -2.13. The summed E-state index contributed by atoms with van der Waals surface area (Å²) in [7, 11) is 0. The van der Waals surface area contributed by atoms with Crippen LogP contribution in [-0.2, 0) is 4.79 Å². The van der Waals surface area contributed by atoms with Crippen LogP contribution < -0.4 is 10.2 Å². The number of nitrogens with one attached hydrogen (secondary N) is 1. The number of aryl methyl sites for hydroxylation is 2. The smallest absolute Gasteiger partial charge is 0.277 e. The molecule has 0 atom stereocenters. The second-order valence-corrected chi connectivity index (χ2v) is 6.72. The number of hydrogen-bond acceptors (Lipinski definition) is 3. The van der Waals surface area contributed by atoms with Crippen LogP contribution in [0, 0.1) is 20.8 Å². The maximum atomic E-state index is 11.9. The topological polar surface area (TPSA) is 55.6 Å². The second-order valence-electron chi connectivity index (χ2n) is 6.28. The molecule has 0 saturated heterocycles. The molecule has 1 N–H and O–H groups in total. The molecule has 134 valence electrons. The molecule has 0 fully saturated rings. The average Bonchev–Trinajstić information content (AvgIpc) is 2.80. The summed E-state index contributed by atoms with van der Waals surface area (Å²) in [5.41, 5.74) is 6.65. The predicted octanol–water partition coefficient (Wildman–Crippen LogP) is 4.18. The van der Waals surface area contributed by atoms with Gasteiger partial charge < -0.3 is 9.30 Å². The van der Waals surface area contributed by atoms with Crippen LogP contribution >= 0.6 is 11.6 Å². The Bertz CT molecular complexity index is 794. The summed E-state index contributed by atoms with van der Waals surface area (Å²) in [5.74, 6) is 0.312. The lowest BCUT2D eigenvalue weighted by Crippen LogP contribution is -2.24. The molecular formula is C19H24ClN3O2. The van der Waals surface area contributed by atoms with Crippen LogP contribution in [0.4, 0.5) is 0 Å². The molecule has 0 saturated carbocycles. The van der Waals surface area contributed by atoms with Crippen molar-refractivity contribution < 1.29 is 9.53 Å². The highest BCUT2D eigenvalue weighted by Gasteiger charge is 2.10. The number of nitrogens with zero attached hydrogens (tertiary/aromatic N) is 2. The van der Waals surface area contributed by atoms with Gasteiger partial charge in [-0.15, -0.1) is 0 Å². The summed E-state index contributed by atoms with van der Waals surface area (Å²) < 4.78 is 7.72. The lowest BCUT2D eigenvalue weighted by atomic mass is 10.2. The van der Waals surface area contributed by atoms with Gasteiger partial charge in [0.25, 0.3) is 5.91 Å². The van der Waals surface area contributed by atoms with Gasteiger partial charge in [0.1, 0.15) is 5.75 Å². The molecule has 5 nitrogen and oxygen atoms in total. The highest BCUT2D eigenvalue weighted by Crippen LogP contribution is 2.21. The molecule has 0 radical (unpaired) electrons. The minimum atomic E-state index is -0.316. The zero-order valence-corrected chi connectivity index (χ0v) is 16.0. The van der Waals surface area contributed by atoms with Crippen LogP contribution in [0.3, 0.4) is 0 Å². The van der Waals surface area contributed by atoms with Gasteiger partial charge in [-0.1, -0.05) is 11.6 Å². The first-order chi connectivity index (χ1) is 11.8. The SMILES string of the molecule is Cc1cc(Cl)ccc1OCC(=O)N/N=C\c1cc(C)n(C(C)C)c1C. The zero-order valence-electron chi connectivity index (χ0n) is 15.3. The lowest BCUT2D eigenvalue weighted by molar-refractivity contribution is -0.123. The van der Waals surface area contributed by atoms with E-state index in [1.807, 2.05) is 13.8 Å². The van der Waals surface area contributed by atoms with E-state index >= 15 is 0 Å². The number of aromatic nitrogens is 1. The van der Waals surface area contributed by atoms with Crippen molar-refractivity contribution in [1.29, 1.82) is 0 Å². The summed E-state index contributed by atoms with van der Waals surface area (Å²) in [4.78, 5) is 11.9. The molecule has 6 heteroatoms. The molecule has 0 aliphatic heterocycles. The van der Waals surface area contributed by atoms with Crippen LogP contribution in [0.15, 0.2) is 29.4 Å². The van der Waals surface area contributed by atoms with Crippen LogP contribution in [-0.4, -0.2) is 23.3 Å². The van der Waals surface area contributed by atoms with E-state index in [1.165, 1.54) is 5.69 Å². The molecular weight excluding hydrogens is 338 g/mol. The summed E-state index contributed by atoms with van der Waals surface area (Å²) in [6.07, 6.45) is 1.66. The van der Waals surface area contributed by atoms with Gasteiger partial charge in [0.2, 0.25) is 0 Å². The summed E-state index contributed by atoms with van der Waals surface area (Å²) in [6.45, 7) is 10.2. The van der Waals surface area contributed by atoms with E-state index in [0.717, 1.165) is 16.8 Å². The molecule has 0 spiro atoms. The first-order valence-electron chi connectivity index (χ1n) is 8.19. The Hall–Kier alpha value is -2.27. The minimum absolute atomic E-state index is 0.106. The number of benzene rings is 1. The summed E-state index contributed by atoms with van der Waals surface area (Å²) >= 11 is 5.90. The normalized spacial score (nSPS) is 11.3. The minimum Gasteiger partial charge on any atom is -0.483 e. The van der Waals surface area contributed by atoms with E-state index < -0.39 is 0 Å². The van der Waals surface area contributed by atoms with Gasteiger partial charge in [-0.2, -0.15) is 5.10 Å². The van der Waals surface area contributed by atoms with Crippen molar-refractivity contribution in [2.75, 3.05) is 6.61 Å². The third kappa shape index (κ3) is 4.86. The number of carbonyl (C=O) groups excluding carboxylic acids is 1. The molecule has 2 rings (SSSR count). The number of halogens is 1. The van der Waals surface area contributed by atoms with Gasteiger partial charge >= 0.3 is 0 Å². The Morgan fingerprint density at radius 1 is 1.32 bits per heavy atom. The van der Waals surface area contributed by atoms with Crippen LogP contribution in [0.5, 0.6) is 5.75 Å². The van der Waals surface area contributed by atoms with Gasteiger partial charge in [-0.3, -0.25) is 4.79 Å². The fraction of sp³-hybridized carbons (Fsp3) is 0.368. The maximum absolute atomic E-state index is 11.9. The highest BCUT2D eigenvalue weighted by atomic mass is 35.5. The van der Waals surface area contributed by atoms with Crippen LogP contribution in [0.2, 0.25) is 5.02 Å². The van der Waals surface area contributed by atoms with E-state index in [4.69, 9.17) is 16.3 Å². The zero-order chi connectivity index (χ0) is 18.6. The van der Waals surface area contributed by atoms with Gasteiger partial charge in [0, 0.05) is 28.0 Å². The summed E-state index contributed by atoms with van der Waals surface area (Å²) in [5, 5.41) is 4.66. The highest BCUT2D eigenvalue weighted by molar-refractivity contribution is 6.30. The van der Waals surface area contributed by atoms with Crippen molar-refractivity contribution in [3.8, 4) is 5.75 Å². The van der Waals surface area contributed by atoms with E-state index in [-0.39, 0.29) is 12.5 Å². The molecule has 2 aromatic rings. The molecule has 0 aliphatic rings. The third-order valence-electron chi connectivity index (χ3n) is 3.93. The van der Waals surface area contributed by atoms with Crippen molar-refractivity contribution in [3.63, 3.8) is 0 Å². The molecule has 0 unspecified atom stereocenters. The molecule has 1 aromatic carbocycles. The van der Waals surface area contributed by atoms with E-state index in [0.29, 0.717) is 16.8 Å². The van der Waals surface area contributed by atoms with Crippen LogP contribution in [0.1, 0.15) is 42.4 Å². The third-order valence-corrected chi connectivity index (χ3v) is 4.16. The van der Waals surface area contributed by atoms with E-state index in [2.05, 4.69) is 41.9 Å². The van der Waals surface area contributed by atoms with Gasteiger partial charge in [-0.25, -0.2) is 5.43 Å². The maximum Gasteiger partial charge on any atom is 0.277 e. The standard InChI is InChI=1S/C19H24ClN3O2/c1-12(2)23-14(4)9-16(15(23)5)10-21-22-19(24)11-25-18-7-6-17(20)8-13(18)3/h6-10,12H,11H2,1-5H3,(H,22,24)/b21-10-. The number of ether oxygens (including phenoxy) is 1. The van der Waals surface area contributed by atoms with Crippen molar-refractivity contribution in [1.82, 2.24) is 9.99 Å². The van der Waals surface area contributed by atoms with Gasteiger partial charge in [0.15, 0.2) is 6.61 Å². The molecule has 1 amide bonds. The first-order valence-corrected chi connectivity index (χ1v) is 8.56. The number of carbonyl (C=O) groups is 1. The fourth-order valence-electron chi connectivity index (χ4n) is 2.85. The Balaban J connectivity index is 1.92. The largest absolute Gasteiger partial charge is 0.483 e. The molecule has 25 heavy (non-hydrogen) atoms. The Kier molecular flexibility index (Phi) is 6.26. The van der Waals surface area contributed by atoms with E-state index in [1.54, 1.807) is 24.4 Å². The van der Waals surface area contributed by atoms with Crippen LogP contribution in [0.25, 0.3) is 0 Å². The monoisotopic (exact) mass is 361 g/mol. The van der Waals surface area contributed by atoms with E-state index in [9.17, 15) is 4.79 Å². The second kappa shape index (κ2) is 8.21. The van der Waals surface area contributed by atoms with Crippen molar-refractivity contribution in [3.05, 3.63) is 51.8 Å². The number of hydrogen-bond donors (Lipinski definition) is 1. The van der Waals surface area contributed by atoms with Gasteiger partial charge in [0.05, 0.1) is 6.21 Å². The first kappa shape index (κ1) is 19.1. The Morgan fingerprint density at radius 3 is 2.64 bits per heavy atom. The van der Waals surface area contributed by atoms with Gasteiger partial charge in [-0.05, 0) is 64.4 Å². The molecule has 0 aliphatic carbocycles. The Morgan fingerprint density at radius 2 is 2.04 bits per heavy atom. The number of amides is 1. The average molecular weight is 362 g/mol. The summed E-state index contributed by atoms with van der Waals surface area (Å²) in [6, 6.07) is 7.70. The quantitative estimate of drug-likeness (QED) is 0.620. The number of rotatable bonds is 6.